The molecule has 0 spiro atoms. The maximum atomic E-state index is 14.9. The van der Waals surface area contributed by atoms with E-state index in [0.29, 0.717) is 27.7 Å². The fourth-order valence-electron chi connectivity index (χ4n) is 3.36. The van der Waals surface area contributed by atoms with Crippen LogP contribution in [0.4, 0.5) is 4.39 Å². The average molecular weight is 443 g/mol. The van der Waals surface area contributed by atoms with Gasteiger partial charge in [0.1, 0.15) is 17.0 Å². The summed E-state index contributed by atoms with van der Waals surface area (Å²) in [5.74, 6) is -0.0900. The molecule has 0 fully saturated rings. The SMILES string of the molecule is Cc1nc2nc(-c3ccnc(-c4ccncc4)c3)nc(-c3ccc(Cl)cc3F)c2nc1C. The normalized spacial score (nSPS) is 11.1. The van der Waals surface area contributed by atoms with Gasteiger partial charge in [-0.05, 0) is 56.3 Å². The molecule has 0 atom stereocenters. The maximum Gasteiger partial charge on any atom is 0.182 e. The van der Waals surface area contributed by atoms with Crippen molar-refractivity contribution in [3.63, 3.8) is 0 Å². The summed E-state index contributed by atoms with van der Waals surface area (Å²) in [6.07, 6.45) is 5.10. The highest BCUT2D eigenvalue weighted by atomic mass is 35.5. The van der Waals surface area contributed by atoms with E-state index in [-0.39, 0.29) is 5.56 Å². The molecule has 0 aliphatic carbocycles. The number of aryl methyl sites for hydroxylation is 2. The lowest BCUT2D eigenvalue weighted by atomic mass is 10.1. The highest BCUT2D eigenvalue weighted by Gasteiger charge is 2.18. The predicted molar refractivity (Wildman–Crippen MR) is 121 cm³/mol. The van der Waals surface area contributed by atoms with Crippen molar-refractivity contribution in [2.24, 2.45) is 0 Å². The molecule has 4 aromatic heterocycles. The van der Waals surface area contributed by atoms with Crippen molar-refractivity contribution < 1.29 is 4.39 Å². The largest absolute Gasteiger partial charge is 0.265 e. The summed E-state index contributed by atoms with van der Waals surface area (Å²) in [6.45, 7) is 3.71. The van der Waals surface area contributed by atoms with Crippen LogP contribution in [0.1, 0.15) is 11.4 Å². The third kappa shape index (κ3) is 3.67. The molecule has 32 heavy (non-hydrogen) atoms. The van der Waals surface area contributed by atoms with Crippen LogP contribution in [0.3, 0.4) is 0 Å². The van der Waals surface area contributed by atoms with Crippen LogP contribution in [-0.4, -0.2) is 29.9 Å². The van der Waals surface area contributed by atoms with Crippen LogP contribution in [0.15, 0.2) is 61.1 Å². The molecular weight excluding hydrogens is 427 g/mol. The zero-order valence-electron chi connectivity index (χ0n) is 17.2. The molecule has 0 aliphatic rings. The minimum Gasteiger partial charge on any atom is -0.265 e. The van der Waals surface area contributed by atoms with Crippen LogP contribution in [0, 0.1) is 19.7 Å². The van der Waals surface area contributed by atoms with Gasteiger partial charge in [-0.3, -0.25) is 9.97 Å². The molecular formula is C24H16ClFN6. The summed E-state index contributed by atoms with van der Waals surface area (Å²) in [7, 11) is 0. The molecule has 0 unspecified atom stereocenters. The van der Waals surface area contributed by atoms with Crippen molar-refractivity contribution in [3.05, 3.63) is 83.3 Å². The van der Waals surface area contributed by atoms with Gasteiger partial charge in [0.05, 0.1) is 17.1 Å². The van der Waals surface area contributed by atoms with Crippen LogP contribution in [0.5, 0.6) is 0 Å². The Morgan fingerprint density at radius 2 is 1.53 bits per heavy atom. The van der Waals surface area contributed by atoms with Gasteiger partial charge in [-0.2, -0.15) is 0 Å². The summed E-state index contributed by atoms with van der Waals surface area (Å²) in [5.41, 5.74) is 5.33. The second-order valence-corrected chi connectivity index (χ2v) is 7.69. The molecule has 0 N–H and O–H groups in total. The number of rotatable bonds is 3. The molecule has 5 rings (SSSR count). The number of hydrogen-bond acceptors (Lipinski definition) is 6. The number of aromatic nitrogens is 6. The lowest BCUT2D eigenvalue weighted by Crippen LogP contribution is -2.03. The van der Waals surface area contributed by atoms with Gasteiger partial charge in [0.25, 0.3) is 0 Å². The van der Waals surface area contributed by atoms with E-state index in [1.165, 1.54) is 6.07 Å². The lowest BCUT2D eigenvalue weighted by molar-refractivity contribution is 0.631. The second kappa shape index (κ2) is 8.01. The van der Waals surface area contributed by atoms with Gasteiger partial charge >= 0.3 is 0 Å². The molecule has 0 bridgehead atoms. The van der Waals surface area contributed by atoms with E-state index < -0.39 is 5.82 Å². The van der Waals surface area contributed by atoms with E-state index in [9.17, 15) is 4.39 Å². The first-order valence-electron chi connectivity index (χ1n) is 9.85. The van der Waals surface area contributed by atoms with E-state index in [2.05, 4.69) is 24.9 Å². The average Bonchev–Trinajstić information content (AvgIpc) is 2.80. The second-order valence-electron chi connectivity index (χ2n) is 7.25. The number of nitrogens with zero attached hydrogens (tertiary/aromatic N) is 6. The molecule has 4 heterocycles. The molecule has 0 amide bonds. The molecule has 0 saturated heterocycles. The fraction of sp³-hybridized carbons (Fsp3) is 0.0833. The number of halogens is 2. The highest BCUT2D eigenvalue weighted by molar-refractivity contribution is 6.30. The van der Waals surface area contributed by atoms with Crippen molar-refractivity contribution in [1.29, 1.82) is 0 Å². The van der Waals surface area contributed by atoms with Crippen molar-refractivity contribution in [3.8, 4) is 33.9 Å². The van der Waals surface area contributed by atoms with E-state index in [1.54, 1.807) is 30.7 Å². The third-order valence-corrected chi connectivity index (χ3v) is 5.36. The maximum absolute atomic E-state index is 14.9. The van der Waals surface area contributed by atoms with E-state index in [1.807, 2.05) is 38.1 Å². The van der Waals surface area contributed by atoms with Crippen molar-refractivity contribution in [2.45, 2.75) is 13.8 Å². The Hall–Kier alpha value is -3.84. The molecule has 1 aromatic carbocycles. The van der Waals surface area contributed by atoms with E-state index >= 15 is 0 Å². The quantitative estimate of drug-likeness (QED) is 0.361. The summed E-state index contributed by atoms with van der Waals surface area (Å²) in [5, 5.41) is 0.305. The monoisotopic (exact) mass is 442 g/mol. The topological polar surface area (TPSA) is 77.3 Å². The number of hydrogen-bond donors (Lipinski definition) is 0. The van der Waals surface area contributed by atoms with Crippen LogP contribution >= 0.6 is 11.6 Å². The lowest BCUT2D eigenvalue weighted by Gasteiger charge is -2.11. The smallest absolute Gasteiger partial charge is 0.182 e. The minimum absolute atomic E-state index is 0.281. The van der Waals surface area contributed by atoms with Gasteiger partial charge in [0, 0.05) is 40.3 Å². The van der Waals surface area contributed by atoms with E-state index in [0.717, 1.165) is 28.2 Å². The Kier molecular flexibility index (Phi) is 5.03. The van der Waals surface area contributed by atoms with Gasteiger partial charge in [-0.15, -0.1) is 0 Å². The zero-order chi connectivity index (χ0) is 22.2. The van der Waals surface area contributed by atoms with Gasteiger partial charge in [0.15, 0.2) is 11.5 Å². The minimum atomic E-state index is -0.490. The molecule has 156 valence electrons. The highest BCUT2D eigenvalue weighted by Crippen LogP contribution is 2.31. The first kappa shape index (κ1) is 20.1. The van der Waals surface area contributed by atoms with Gasteiger partial charge in [-0.25, -0.2) is 24.3 Å². The van der Waals surface area contributed by atoms with Gasteiger partial charge in [-0.1, -0.05) is 11.6 Å². The zero-order valence-corrected chi connectivity index (χ0v) is 18.0. The number of fused-ring (bicyclic) bond motifs is 1. The molecule has 0 saturated carbocycles. The summed E-state index contributed by atoms with van der Waals surface area (Å²) < 4.78 is 14.9. The first-order chi connectivity index (χ1) is 15.5. The Balaban J connectivity index is 1.76. The Morgan fingerprint density at radius 3 is 2.31 bits per heavy atom. The van der Waals surface area contributed by atoms with Crippen LogP contribution in [-0.2, 0) is 0 Å². The Labute approximate surface area is 188 Å². The number of pyridine rings is 2. The molecule has 6 nitrogen and oxygen atoms in total. The summed E-state index contributed by atoms with van der Waals surface area (Å²) >= 11 is 5.96. The first-order valence-corrected chi connectivity index (χ1v) is 10.2. The van der Waals surface area contributed by atoms with Crippen LogP contribution < -0.4 is 0 Å². The van der Waals surface area contributed by atoms with Crippen molar-refractivity contribution in [2.75, 3.05) is 0 Å². The molecule has 8 heteroatoms. The van der Waals surface area contributed by atoms with Crippen LogP contribution in [0.2, 0.25) is 5.02 Å². The van der Waals surface area contributed by atoms with E-state index in [4.69, 9.17) is 16.6 Å². The Morgan fingerprint density at radius 1 is 0.781 bits per heavy atom. The predicted octanol–water partition coefficient (Wildman–Crippen LogP) is 5.62. The Bertz CT molecular complexity index is 1470. The fourth-order valence-corrected chi connectivity index (χ4v) is 3.52. The van der Waals surface area contributed by atoms with Crippen LogP contribution in [0.25, 0.3) is 45.1 Å². The molecule has 0 radical (unpaired) electrons. The molecule has 5 aromatic rings. The molecule has 0 aliphatic heterocycles. The standard InChI is InChI=1S/C24H16ClFN6/c1-13-14(2)30-24-22(29-13)21(18-4-3-17(25)12-19(18)26)31-23(32-24)16-7-10-28-20(11-16)15-5-8-27-9-6-15/h3-12H,1-2H3. The van der Waals surface area contributed by atoms with Gasteiger partial charge in [0.2, 0.25) is 0 Å². The van der Waals surface area contributed by atoms with Gasteiger partial charge < -0.3 is 0 Å². The number of benzene rings is 1. The van der Waals surface area contributed by atoms with Crippen molar-refractivity contribution >= 4 is 22.8 Å². The third-order valence-electron chi connectivity index (χ3n) is 5.12. The van der Waals surface area contributed by atoms with Crippen molar-refractivity contribution in [1.82, 2.24) is 29.9 Å². The summed E-state index contributed by atoms with van der Waals surface area (Å²) in [4.78, 5) is 27.0. The summed E-state index contributed by atoms with van der Waals surface area (Å²) in [6, 6.07) is 11.9.